The quantitative estimate of drug-likeness (QED) is 0.287. The molecule has 4 heteroatoms. The smallest absolute Gasteiger partial charge is 0.313 e. The number of carbonyl (C=O) groups excluding carboxylic acids is 2. The number of ether oxygens (including phenoxy) is 2. The van der Waals surface area contributed by atoms with Gasteiger partial charge in [-0.3, -0.25) is 9.59 Å². The fourth-order valence-electron chi connectivity index (χ4n) is 11.8. The van der Waals surface area contributed by atoms with Crippen LogP contribution in [-0.2, 0) is 19.1 Å². The third-order valence-electron chi connectivity index (χ3n) is 14.1. The normalized spacial score (nSPS) is 56.5. The van der Waals surface area contributed by atoms with Crippen molar-refractivity contribution in [2.45, 2.75) is 118 Å². The van der Waals surface area contributed by atoms with E-state index in [1.807, 2.05) is 0 Å². The van der Waals surface area contributed by atoms with Gasteiger partial charge in [-0.15, -0.1) is 0 Å². The second-order valence-electron chi connectivity index (χ2n) is 15.3. The maximum absolute atomic E-state index is 13.7. The first-order valence-corrected chi connectivity index (χ1v) is 14.8. The number of fused-ring (bicyclic) bond motifs is 4. The first-order chi connectivity index (χ1) is 16.7. The van der Waals surface area contributed by atoms with Crippen molar-refractivity contribution < 1.29 is 19.1 Å². The minimum Gasteiger partial charge on any atom is -0.462 e. The second kappa shape index (κ2) is 7.20. The summed E-state index contributed by atoms with van der Waals surface area (Å²) in [5.74, 6) is 2.27. The molecular formula is C32H48O4. The highest BCUT2D eigenvalue weighted by atomic mass is 16.6. The number of hydrogen-bond donors (Lipinski definition) is 0. The van der Waals surface area contributed by atoms with Crippen molar-refractivity contribution in [1.29, 1.82) is 0 Å². The molecule has 0 radical (unpaired) electrons. The van der Waals surface area contributed by atoms with E-state index >= 15 is 0 Å². The zero-order valence-corrected chi connectivity index (χ0v) is 23.9. The minimum atomic E-state index is -0.477. The highest BCUT2D eigenvalue weighted by Gasteiger charge is 2.80. The van der Waals surface area contributed by atoms with Crippen molar-refractivity contribution in [3.8, 4) is 0 Å². The summed E-state index contributed by atoms with van der Waals surface area (Å²) in [6.45, 7) is 18.6. The van der Waals surface area contributed by atoms with E-state index < -0.39 is 5.60 Å². The van der Waals surface area contributed by atoms with Crippen molar-refractivity contribution in [2.75, 3.05) is 0 Å². The Hall–Kier alpha value is -1.32. The summed E-state index contributed by atoms with van der Waals surface area (Å²) < 4.78 is 12.6. The highest BCUT2D eigenvalue weighted by molar-refractivity contribution is 5.82. The fourth-order valence-corrected chi connectivity index (χ4v) is 11.8. The maximum Gasteiger partial charge on any atom is 0.313 e. The molecule has 1 aliphatic heterocycles. The lowest BCUT2D eigenvalue weighted by Gasteiger charge is -2.72. The van der Waals surface area contributed by atoms with Crippen molar-refractivity contribution in [1.82, 2.24) is 0 Å². The molecule has 0 aromatic rings. The van der Waals surface area contributed by atoms with Gasteiger partial charge in [0.05, 0.1) is 5.41 Å². The molecule has 5 fully saturated rings. The molecule has 6 aliphatic rings. The third-order valence-corrected chi connectivity index (χ3v) is 14.1. The summed E-state index contributed by atoms with van der Waals surface area (Å²) >= 11 is 0. The molecule has 1 saturated heterocycles. The molecule has 0 aromatic carbocycles. The molecule has 1 heterocycles. The topological polar surface area (TPSA) is 52.6 Å². The molecule has 3 unspecified atom stereocenters. The standard InChI is InChI=1S/C32H48O4/c1-19-9-15-31-18-17-30(8)29(7)14-10-22-27(4,5)24(35-21(3)33)12-13-28(22,6)23(29)11-16-32(30,36-26(31)34)25(31)20(19)2/h11,16,19-20,22-25H,9-10,12-15,17-18H2,1-8H3/t19-,20+,22?,23-,24+,25?,28+,29-,30+,31+,32?/m1/s1. The van der Waals surface area contributed by atoms with E-state index in [0.29, 0.717) is 23.7 Å². The molecule has 0 amide bonds. The van der Waals surface area contributed by atoms with Crippen LogP contribution in [0, 0.1) is 56.7 Å². The van der Waals surface area contributed by atoms with Crippen molar-refractivity contribution in [2.24, 2.45) is 56.7 Å². The van der Waals surface area contributed by atoms with Gasteiger partial charge in [-0.2, -0.15) is 0 Å². The average Bonchev–Trinajstić information content (AvgIpc) is 2.99. The van der Waals surface area contributed by atoms with Crippen LogP contribution in [0.2, 0.25) is 0 Å². The lowest BCUT2D eigenvalue weighted by atomic mass is 9.32. The van der Waals surface area contributed by atoms with E-state index in [-0.39, 0.29) is 51.0 Å². The Labute approximate surface area is 218 Å². The van der Waals surface area contributed by atoms with E-state index in [0.717, 1.165) is 51.4 Å². The first-order valence-electron chi connectivity index (χ1n) is 14.8. The van der Waals surface area contributed by atoms with Crippen molar-refractivity contribution in [3.63, 3.8) is 0 Å². The van der Waals surface area contributed by atoms with Crippen molar-refractivity contribution >= 4 is 11.9 Å². The van der Waals surface area contributed by atoms with E-state index in [2.05, 4.69) is 60.6 Å². The van der Waals surface area contributed by atoms with Crippen LogP contribution in [0.15, 0.2) is 12.2 Å². The number of hydrogen-bond acceptors (Lipinski definition) is 4. The summed E-state index contributed by atoms with van der Waals surface area (Å²) in [7, 11) is 0. The highest BCUT2D eigenvalue weighted by Crippen LogP contribution is 2.79. The molecule has 0 N–H and O–H groups in total. The minimum absolute atomic E-state index is 0.0115. The molecule has 36 heavy (non-hydrogen) atoms. The van der Waals surface area contributed by atoms with E-state index in [1.54, 1.807) is 6.92 Å². The first kappa shape index (κ1) is 25.0. The zero-order valence-electron chi connectivity index (χ0n) is 23.9. The van der Waals surface area contributed by atoms with Gasteiger partial charge in [0.25, 0.3) is 0 Å². The summed E-state index contributed by atoms with van der Waals surface area (Å²) in [5, 5.41) is 0. The Kier molecular flexibility index (Phi) is 5.00. The van der Waals surface area contributed by atoms with Crippen LogP contribution in [0.25, 0.3) is 0 Å². The van der Waals surface area contributed by atoms with Gasteiger partial charge in [0, 0.05) is 23.7 Å². The van der Waals surface area contributed by atoms with Gasteiger partial charge in [-0.1, -0.05) is 54.5 Å². The Morgan fingerprint density at radius 3 is 2.39 bits per heavy atom. The lowest BCUT2D eigenvalue weighted by Crippen LogP contribution is -2.71. The predicted octanol–water partition coefficient (Wildman–Crippen LogP) is 7.11. The molecule has 5 aliphatic carbocycles. The average molecular weight is 497 g/mol. The van der Waals surface area contributed by atoms with Crippen LogP contribution in [0.3, 0.4) is 0 Å². The van der Waals surface area contributed by atoms with Gasteiger partial charge in [-0.25, -0.2) is 0 Å². The molecule has 4 saturated carbocycles. The predicted molar refractivity (Wildman–Crippen MR) is 140 cm³/mol. The summed E-state index contributed by atoms with van der Waals surface area (Å²) in [6, 6.07) is 0. The molecule has 4 nitrogen and oxygen atoms in total. The molecular weight excluding hydrogens is 448 g/mol. The Bertz CT molecular complexity index is 1030. The van der Waals surface area contributed by atoms with Crippen LogP contribution in [-0.4, -0.2) is 23.6 Å². The fraction of sp³-hybridized carbons (Fsp3) is 0.875. The molecule has 2 bridgehead atoms. The maximum atomic E-state index is 13.7. The van der Waals surface area contributed by atoms with Gasteiger partial charge < -0.3 is 9.47 Å². The van der Waals surface area contributed by atoms with Gasteiger partial charge in [0.1, 0.15) is 11.7 Å². The van der Waals surface area contributed by atoms with Gasteiger partial charge in [0.15, 0.2) is 0 Å². The van der Waals surface area contributed by atoms with E-state index in [4.69, 9.17) is 9.47 Å². The van der Waals surface area contributed by atoms with Crippen LogP contribution in [0.4, 0.5) is 0 Å². The Balaban J connectivity index is 1.46. The number of esters is 2. The van der Waals surface area contributed by atoms with E-state index in [1.165, 1.54) is 0 Å². The summed E-state index contributed by atoms with van der Waals surface area (Å²) in [4.78, 5) is 25.6. The molecule has 0 aromatic heterocycles. The number of rotatable bonds is 1. The SMILES string of the molecule is CC(=O)O[C@H]1CC[C@@]2(C)C(CC[C@]3(C)[C@@H]2C=CC24OC(=O)[C@@]5(CC[C@@H](C)[C@H](C)C25)CC[C@]43C)C1(C)C. The molecule has 200 valence electrons. The third kappa shape index (κ3) is 2.58. The Morgan fingerprint density at radius 1 is 0.972 bits per heavy atom. The number of carbonyl (C=O) groups is 2. The second-order valence-corrected chi connectivity index (χ2v) is 15.3. The molecule has 6 rings (SSSR count). The van der Waals surface area contributed by atoms with Crippen LogP contribution in [0.5, 0.6) is 0 Å². The summed E-state index contributed by atoms with van der Waals surface area (Å²) in [5.41, 5.74) is -0.681. The van der Waals surface area contributed by atoms with Crippen LogP contribution >= 0.6 is 0 Å². The van der Waals surface area contributed by atoms with Crippen molar-refractivity contribution in [3.05, 3.63) is 12.2 Å². The monoisotopic (exact) mass is 496 g/mol. The largest absolute Gasteiger partial charge is 0.462 e. The Morgan fingerprint density at radius 2 is 1.69 bits per heavy atom. The lowest BCUT2D eigenvalue weighted by molar-refractivity contribution is -0.247. The summed E-state index contributed by atoms with van der Waals surface area (Å²) in [6.07, 6.45) is 13.4. The van der Waals surface area contributed by atoms with E-state index in [9.17, 15) is 9.59 Å². The van der Waals surface area contributed by atoms with Gasteiger partial charge in [0.2, 0.25) is 0 Å². The molecule has 1 spiro atoms. The van der Waals surface area contributed by atoms with Crippen LogP contribution in [0.1, 0.15) is 107 Å². The van der Waals surface area contributed by atoms with Crippen LogP contribution < -0.4 is 0 Å². The molecule has 11 atom stereocenters. The van der Waals surface area contributed by atoms with Gasteiger partial charge >= 0.3 is 11.9 Å². The zero-order chi connectivity index (χ0) is 26.1. The number of allylic oxidation sites excluding steroid dienone is 1. The van der Waals surface area contributed by atoms with Gasteiger partial charge in [-0.05, 0) is 91.9 Å².